The van der Waals surface area contributed by atoms with Gasteiger partial charge in [-0.15, -0.1) is 0 Å². The lowest BCUT2D eigenvalue weighted by Gasteiger charge is -2.06. The van der Waals surface area contributed by atoms with Gasteiger partial charge in [-0.2, -0.15) is 0 Å². The lowest BCUT2D eigenvalue weighted by molar-refractivity contribution is -0.136. The molecule has 0 radical (unpaired) electrons. The highest BCUT2D eigenvalue weighted by Crippen LogP contribution is 2.20. The molecule has 0 atom stereocenters. The fraction of sp³-hybridized carbons (Fsp3) is 0.357. The Bertz CT molecular complexity index is 472. The molecule has 0 unspecified atom stereocenters. The highest BCUT2D eigenvalue weighted by molar-refractivity contribution is 5.71. The summed E-state index contributed by atoms with van der Waals surface area (Å²) in [5.41, 5.74) is 1.49. The van der Waals surface area contributed by atoms with E-state index in [1.807, 2.05) is 13.1 Å². The van der Waals surface area contributed by atoms with E-state index in [-0.39, 0.29) is 6.42 Å². The summed E-state index contributed by atoms with van der Waals surface area (Å²) in [7, 11) is 3.41. The van der Waals surface area contributed by atoms with Gasteiger partial charge in [-0.1, -0.05) is 17.9 Å². The van der Waals surface area contributed by atoms with Gasteiger partial charge in [-0.3, -0.25) is 4.79 Å². The minimum absolute atomic E-state index is 0.0450. The number of nitrogens with one attached hydrogen (secondary N) is 1. The highest BCUT2D eigenvalue weighted by atomic mass is 16.5. The minimum Gasteiger partial charge on any atom is -0.496 e. The van der Waals surface area contributed by atoms with E-state index in [1.54, 1.807) is 12.1 Å². The van der Waals surface area contributed by atoms with Crippen molar-refractivity contribution in [3.05, 3.63) is 29.3 Å². The Hall–Kier alpha value is -1.99. The predicted molar refractivity (Wildman–Crippen MR) is 69.8 cm³/mol. The van der Waals surface area contributed by atoms with Gasteiger partial charge < -0.3 is 15.2 Å². The van der Waals surface area contributed by atoms with Gasteiger partial charge in [-0.05, 0) is 19.2 Å². The Kier molecular flexibility index (Phi) is 5.75. The van der Waals surface area contributed by atoms with Gasteiger partial charge in [0.2, 0.25) is 0 Å². The molecular weight excluding hydrogens is 230 g/mol. The van der Waals surface area contributed by atoms with Gasteiger partial charge in [0, 0.05) is 24.1 Å². The highest BCUT2D eigenvalue weighted by Gasteiger charge is 2.07. The van der Waals surface area contributed by atoms with Gasteiger partial charge in [0.25, 0.3) is 0 Å². The van der Waals surface area contributed by atoms with E-state index in [1.165, 1.54) is 7.11 Å². The molecule has 0 saturated heterocycles. The Morgan fingerprint density at radius 2 is 2.28 bits per heavy atom. The Morgan fingerprint density at radius 1 is 1.50 bits per heavy atom. The lowest BCUT2D eigenvalue weighted by atomic mass is 10.1. The van der Waals surface area contributed by atoms with Gasteiger partial charge in [-0.25, -0.2) is 0 Å². The van der Waals surface area contributed by atoms with Gasteiger partial charge in [0.15, 0.2) is 0 Å². The van der Waals surface area contributed by atoms with Crippen LogP contribution in [0.1, 0.15) is 17.5 Å². The SMILES string of the molecule is CNCCC#Cc1ccc(CC(=O)O)c(OC)c1. The zero-order valence-corrected chi connectivity index (χ0v) is 10.6. The summed E-state index contributed by atoms with van der Waals surface area (Å²) >= 11 is 0. The summed E-state index contributed by atoms with van der Waals surface area (Å²) in [6.07, 6.45) is 0.729. The van der Waals surface area contributed by atoms with E-state index < -0.39 is 5.97 Å². The van der Waals surface area contributed by atoms with Crippen LogP contribution < -0.4 is 10.1 Å². The van der Waals surface area contributed by atoms with Crippen molar-refractivity contribution in [1.29, 1.82) is 0 Å². The topological polar surface area (TPSA) is 58.6 Å². The monoisotopic (exact) mass is 247 g/mol. The first kappa shape index (κ1) is 14.1. The maximum Gasteiger partial charge on any atom is 0.307 e. The van der Waals surface area contributed by atoms with E-state index in [2.05, 4.69) is 17.2 Å². The molecule has 0 fully saturated rings. The Morgan fingerprint density at radius 3 is 2.89 bits per heavy atom. The average Bonchev–Trinajstić information content (AvgIpc) is 2.35. The number of rotatable bonds is 5. The summed E-state index contributed by atoms with van der Waals surface area (Å²) in [4.78, 5) is 10.7. The minimum atomic E-state index is -0.874. The average molecular weight is 247 g/mol. The molecule has 96 valence electrons. The molecule has 0 aliphatic carbocycles. The van der Waals surface area contributed by atoms with Gasteiger partial charge in [0.05, 0.1) is 13.5 Å². The molecule has 0 spiro atoms. The quantitative estimate of drug-likeness (QED) is 0.608. The third kappa shape index (κ3) is 4.48. The number of hydrogen-bond acceptors (Lipinski definition) is 3. The number of carboxylic acid groups (broad SMARTS) is 1. The molecule has 4 nitrogen and oxygen atoms in total. The van der Waals surface area contributed by atoms with Crippen LogP contribution in [0.25, 0.3) is 0 Å². The Labute approximate surface area is 107 Å². The van der Waals surface area contributed by atoms with Crippen LogP contribution >= 0.6 is 0 Å². The molecule has 4 heteroatoms. The van der Waals surface area contributed by atoms with E-state index in [4.69, 9.17) is 9.84 Å². The third-order valence-corrected chi connectivity index (χ3v) is 2.36. The standard InChI is InChI=1S/C14H17NO3/c1-15-8-4-3-5-11-6-7-12(10-14(16)17)13(9-11)18-2/h6-7,9,15H,4,8,10H2,1-2H3,(H,16,17). The van der Waals surface area contributed by atoms with Crippen LogP contribution in [0.2, 0.25) is 0 Å². The zero-order chi connectivity index (χ0) is 13.4. The van der Waals surface area contributed by atoms with Crippen LogP contribution in [0, 0.1) is 11.8 Å². The maximum absolute atomic E-state index is 10.7. The van der Waals surface area contributed by atoms with E-state index in [0.717, 1.165) is 18.5 Å². The number of carbonyl (C=O) groups is 1. The van der Waals surface area contributed by atoms with Crippen molar-refractivity contribution >= 4 is 5.97 Å². The number of methoxy groups -OCH3 is 1. The lowest BCUT2D eigenvalue weighted by Crippen LogP contribution is -2.05. The first-order valence-corrected chi connectivity index (χ1v) is 5.69. The second kappa shape index (κ2) is 7.36. The summed E-state index contributed by atoms with van der Waals surface area (Å²) in [6, 6.07) is 5.33. The summed E-state index contributed by atoms with van der Waals surface area (Å²) in [5, 5.41) is 11.8. The van der Waals surface area contributed by atoms with Crippen molar-refractivity contribution in [2.45, 2.75) is 12.8 Å². The molecule has 0 saturated carbocycles. The fourth-order valence-corrected chi connectivity index (χ4v) is 1.48. The Balaban J connectivity index is 2.83. The van der Waals surface area contributed by atoms with Gasteiger partial charge in [0.1, 0.15) is 5.75 Å². The molecule has 0 amide bonds. The first-order valence-electron chi connectivity index (χ1n) is 5.69. The van der Waals surface area contributed by atoms with E-state index in [0.29, 0.717) is 11.3 Å². The molecule has 1 aromatic rings. The third-order valence-electron chi connectivity index (χ3n) is 2.36. The fourth-order valence-electron chi connectivity index (χ4n) is 1.48. The molecule has 2 N–H and O–H groups in total. The number of benzene rings is 1. The van der Waals surface area contributed by atoms with Crippen molar-refractivity contribution in [1.82, 2.24) is 5.32 Å². The van der Waals surface area contributed by atoms with Crippen LogP contribution in [0.5, 0.6) is 5.75 Å². The normalized spacial score (nSPS) is 9.44. The predicted octanol–water partition coefficient (Wildman–Crippen LogP) is 1.28. The summed E-state index contributed by atoms with van der Waals surface area (Å²) < 4.78 is 5.17. The number of hydrogen-bond donors (Lipinski definition) is 2. The molecule has 0 aliphatic heterocycles. The van der Waals surface area contributed by atoms with Crippen molar-refractivity contribution in [3.8, 4) is 17.6 Å². The van der Waals surface area contributed by atoms with Crippen molar-refractivity contribution in [2.24, 2.45) is 0 Å². The van der Waals surface area contributed by atoms with Crippen LogP contribution in [0.4, 0.5) is 0 Å². The second-order valence-electron chi connectivity index (χ2n) is 3.75. The summed E-state index contributed by atoms with van der Waals surface area (Å²) in [6.45, 7) is 0.848. The zero-order valence-electron chi connectivity index (χ0n) is 10.6. The van der Waals surface area contributed by atoms with Crippen LogP contribution in [-0.4, -0.2) is 31.8 Å². The molecular formula is C14H17NO3. The molecule has 18 heavy (non-hydrogen) atoms. The van der Waals surface area contributed by atoms with Gasteiger partial charge >= 0.3 is 5.97 Å². The molecule has 1 aromatic carbocycles. The number of ether oxygens (including phenoxy) is 1. The first-order chi connectivity index (χ1) is 8.67. The van der Waals surface area contributed by atoms with Crippen molar-refractivity contribution in [3.63, 3.8) is 0 Å². The van der Waals surface area contributed by atoms with Crippen LogP contribution in [0.15, 0.2) is 18.2 Å². The maximum atomic E-state index is 10.7. The van der Waals surface area contributed by atoms with Crippen LogP contribution in [-0.2, 0) is 11.2 Å². The smallest absolute Gasteiger partial charge is 0.307 e. The molecule has 0 aliphatic rings. The van der Waals surface area contributed by atoms with Crippen LogP contribution in [0.3, 0.4) is 0 Å². The molecule has 1 rings (SSSR count). The van der Waals surface area contributed by atoms with Crippen molar-refractivity contribution in [2.75, 3.05) is 20.7 Å². The number of carboxylic acids is 1. The second-order valence-corrected chi connectivity index (χ2v) is 3.75. The number of aliphatic carboxylic acids is 1. The molecule has 0 bridgehead atoms. The molecule has 0 heterocycles. The largest absolute Gasteiger partial charge is 0.496 e. The van der Waals surface area contributed by atoms with Crippen molar-refractivity contribution < 1.29 is 14.6 Å². The van der Waals surface area contributed by atoms with E-state index in [9.17, 15) is 4.79 Å². The molecule has 0 aromatic heterocycles. The van der Waals surface area contributed by atoms with E-state index >= 15 is 0 Å². The summed E-state index contributed by atoms with van der Waals surface area (Å²) in [5.74, 6) is 5.74.